The van der Waals surface area contributed by atoms with Crippen LogP contribution in [0.25, 0.3) is 0 Å². The van der Waals surface area contributed by atoms with Crippen LogP contribution in [0, 0.1) is 12.8 Å². The third-order valence-electron chi connectivity index (χ3n) is 6.10. The quantitative estimate of drug-likeness (QED) is 0.326. The van der Waals surface area contributed by atoms with Crippen molar-refractivity contribution in [3.63, 3.8) is 0 Å². The summed E-state index contributed by atoms with van der Waals surface area (Å²) >= 11 is 0. The molecule has 1 fully saturated rings. The predicted octanol–water partition coefficient (Wildman–Crippen LogP) is 5.47. The molecule has 0 bridgehead atoms. The van der Waals surface area contributed by atoms with Crippen LogP contribution in [0.4, 0.5) is 0 Å². The fraction of sp³-hybridized carbons (Fsp3) is 0.609. The van der Waals surface area contributed by atoms with E-state index in [2.05, 4.69) is 37.3 Å². The summed E-state index contributed by atoms with van der Waals surface area (Å²) in [4.78, 5) is 0. The molecule has 0 spiro atoms. The molecule has 0 heterocycles. The number of unbranched alkanes of at least 4 members (excludes halogenated alkanes) is 3. The first-order valence-electron chi connectivity index (χ1n) is 10.1. The average Bonchev–Trinajstić information content (AvgIpc) is 3.28. The number of benzene rings is 1. The van der Waals surface area contributed by atoms with Crippen LogP contribution < -0.4 is 0 Å². The topological polar surface area (TPSA) is 40.5 Å². The Bertz CT molecular complexity index is 560. The van der Waals surface area contributed by atoms with Crippen molar-refractivity contribution in [2.24, 2.45) is 5.92 Å². The van der Waals surface area contributed by atoms with Gasteiger partial charge in [-0.15, -0.1) is 0 Å². The van der Waals surface area contributed by atoms with Gasteiger partial charge in [-0.3, -0.25) is 0 Å². The molecule has 2 nitrogen and oxygen atoms in total. The zero-order chi connectivity index (χ0) is 17.6. The molecule has 0 aliphatic heterocycles. The standard InChI is InChI=1S/C23H33O2.Y/c1-2-3-4-5-8-17-15-16-21(24)22(17)18-11-13-20(14-12-18)23(25)19-9-6-7-10-19;/h11-15,19,21-25H,1-10,16H2;/q-1;/t21-,22+,23?;/m1./s1. The average molecular weight is 430 g/mol. The normalized spacial score (nSPS) is 24.3. The van der Waals surface area contributed by atoms with E-state index in [0.29, 0.717) is 5.92 Å². The molecular formula is C23H33O2Y-. The van der Waals surface area contributed by atoms with Gasteiger partial charge in [-0.05, 0) is 49.1 Å². The molecule has 1 aromatic carbocycles. The molecule has 2 N–H and O–H groups in total. The number of hydrogen-bond donors (Lipinski definition) is 2. The van der Waals surface area contributed by atoms with Gasteiger partial charge in [0.25, 0.3) is 0 Å². The van der Waals surface area contributed by atoms with Gasteiger partial charge in [-0.2, -0.15) is 6.42 Å². The second kappa shape index (κ2) is 11.1. The van der Waals surface area contributed by atoms with Gasteiger partial charge in [0.05, 0.1) is 12.2 Å². The molecule has 1 aromatic rings. The molecule has 0 aromatic heterocycles. The zero-order valence-electron chi connectivity index (χ0n) is 15.9. The number of aliphatic hydroxyl groups excluding tert-OH is 2. The Morgan fingerprint density at radius 3 is 2.38 bits per heavy atom. The fourth-order valence-electron chi connectivity index (χ4n) is 4.60. The molecule has 1 radical (unpaired) electrons. The summed E-state index contributed by atoms with van der Waals surface area (Å²) in [5.74, 6) is 0.559. The van der Waals surface area contributed by atoms with E-state index < -0.39 is 0 Å². The Morgan fingerprint density at radius 1 is 1.04 bits per heavy atom. The Morgan fingerprint density at radius 2 is 1.73 bits per heavy atom. The van der Waals surface area contributed by atoms with Crippen LogP contribution in [0.5, 0.6) is 0 Å². The van der Waals surface area contributed by atoms with Crippen LogP contribution in [0.2, 0.25) is 0 Å². The molecule has 26 heavy (non-hydrogen) atoms. The SMILES string of the molecule is [CH2-]CCCCCC1=CC[C@@H](O)[C@@H]1c1ccc(C(O)C2CCCC2)cc1.[Y]. The first kappa shape index (κ1) is 22.3. The first-order valence-corrected chi connectivity index (χ1v) is 10.1. The summed E-state index contributed by atoms with van der Waals surface area (Å²) in [5, 5.41) is 21.0. The molecule has 3 atom stereocenters. The van der Waals surface area contributed by atoms with E-state index >= 15 is 0 Å². The summed E-state index contributed by atoms with van der Waals surface area (Å²) in [6.45, 7) is 3.91. The van der Waals surface area contributed by atoms with Crippen molar-refractivity contribution in [3.8, 4) is 0 Å². The Kier molecular flexibility index (Phi) is 9.51. The van der Waals surface area contributed by atoms with Crippen LogP contribution in [-0.4, -0.2) is 16.3 Å². The molecule has 141 valence electrons. The second-order valence-electron chi connectivity index (χ2n) is 7.88. The summed E-state index contributed by atoms with van der Waals surface area (Å²) in [6.07, 6.45) is 12.8. The number of aliphatic hydroxyl groups is 2. The summed E-state index contributed by atoms with van der Waals surface area (Å²) in [7, 11) is 0. The zero-order valence-corrected chi connectivity index (χ0v) is 18.8. The van der Waals surface area contributed by atoms with Gasteiger partial charge >= 0.3 is 0 Å². The second-order valence-corrected chi connectivity index (χ2v) is 7.88. The van der Waals surface area contributed by atoms with E-state index in [1.165, 1.54) is 43.2 Å². The van der Waals surface area contributed by atoms with Crippen molar-refractivity contribution in [1.82, 2.24) is 0 Å². The third kappa shape index (κ3) is 5.50. The van der Waals surface area contributed by atoms with Crippen LogP contribution in [-0.2, 0) is 32.7 Å². The van der Waals surface area contributed by atoms with Gasteiger partial charge in [-0.1, -0.05) is 61.6 Å². The maximum atomic E-state index is 10.6. The van der Waals surface area contributed by atoms with Crippen molar-refractivity contribution in [2.75, 3.05) is 0 Å². The number of hydrogen-bond acceptors (Lipinski definition) is 2. The summed E-state index contributed by atoms with van der Waals surface area (Å²) in [6, 6.07) is 8.39. The number of rotatable bonds is 8. The molecule has 0 amide bonds. The van der Waals surface area contributed by atoms with Gasteiger partial charge in [0.1, 0.15) is 0 Å². The third-order valence-corrected chi connectivity index (χ3v) is 6.10. The minimum absolute atomic E-state index is 0. The maximum Gasteiger partial charge on any atom is 0.0818 e. The minimum atomic E-state index is -0.331. The van der Waals surface area contributed by atoms with Crippen LogP contribution >= 0.6 is 0 Å². The molecular weight excluding hydrogens is 397 g/mol. The van der Waals surface area contributed by atoms with E-state index in [0.717, 1.165) is 37.7 Å². The van der Waals surface area contributed by atoms with Gasteiger partial charge in [0.15, 0.2) is 0 Å². The molecule has 3 rings (SSSR count). The van der Waals surface area contributed by atoms with E-state index in [1.54, 1.807) is 0 Å². The van der Waals surface area contributed by atoms with Crippen molar-refractivity contribution in [2.45, 2.75) is 82.3 Å². The summed E-state index contributed by atoms with van der Waals surface area (Å²) < 4.78 is 0. The van der Waals surface area contributed by atoms with Gasteiger partial charge in [0.2, 0.25) is 0 Å². The largest absolute Gasteiger partial charge is 0.392 e. The predicted molar refractivity (Wildman–Crippen MR) is 103 cm³/mol. The molecule has 3 heteroatoms. The van der Waals surface area contributed by atoms with E-state index in [-0.39, 0.29) is 50.8 Å². The van der Waals surface area contributed by atoms with Crippen LogP contribution in [0.1, 0.15) is 87.4 Å². The summed E-state index contributed by atoms with van der Waals surface area (Å²) in [5.41, 5.74) is 3.61. The van der Waals surface area contributed by atoms with Gasteiger partial charge in [-0.25, -0.2) is 0 Å². The fourth-order valence-corrected chi connectivity index (χ4v) is 4.60. The Balaban J connectivity index is 0.00000243. The molecule has 2 aliphatic rings. The molecule has 0 saturated heterocycles. The van der Waals surface area contributed by atoms with Crippen molar-refractivity contribution >= 4 is 0 Å². The molecule has 1 unspecified atom stereocenters. The van der Waals surface area contributed by atoms with E-state index in [4.69, 9.17) is 0 Å². The van der Waals surface area contributed by atoms with Gasteiger partial charge < -0.3 is 17.1 Å². The van der Waals surface area contributed by atoms with Crippen molar-refractivity contribution < 1.29 is 42.9 Å². The van der Waals surface area contributed by atoms with Crippen molar-refractivity contribution in [1.29, 1.82) is 0 Å². The molecule has 2 aliphatic carbocycles. The minimum Gasteiger partial charge on any atom is -0.392 e. The van der Waals surface area contributed by atoms with Gasteiger partial charge in [0, 0.05) is 38.6 Å². The van der Waals surface area contributed by atoms with Crippen LogP contribution in [0.3, 0.4) is 0 Å². The Hall–Kier alpha value is -0.0161. The first-order chi connectivity index (χ1) is 12.2. The monoisotopic (exact) mass is 430 g/mol. The van der Waals surface area contributed by atoms with Crippen LogP contribution in [0.15, 0.2) is 35.9 Å². The van der Waals surface area contributed by atoms with E-state index in [1.807, 2.05) is 0 Å². The van der Waals surface area contributed by atoms with Crippen molar-refractivity contribution in [3.05, 3.63) is 54.0 Å². The Labute approximate surface area is 184 Å². The molecule has 1 saturated carbocycles. The maximum absolute atomic E-state index is 10.6. The smallest absolute Gasteiger partial charge is 0.0818 e. The van der Waals surface area contributed by atoms with E-state index in [9.17, 15) is 10.2 Å².